The Morgan fingerprint density at radius 1 is 1.32 bits per heavy atom. The van der Waals surface area contributed by atoms with Crippen LogP contribution < -0.4 is 5.32 Å². The third-order valence-electron chi connectivity index (χ3n) is 3.00. The molecule has 2 aromatic rings. The van der Waals surface area contributed by atoms with E-state index >= 15 is 0 Å². The van der Waals surface area contributed by atoms with E-state index in [0.29, 0.717) is 18.7 Å². The Hall–Kier alpha value is -1.94. The molecule has 100 valence electrons. The number of amides is 1. The number of benzene rings is 1. The molecule has 1 amide bonds. The van der Waals surface area contributed by atoms with Crippen LogP contribution in [0.15, 0.2) is 24.3 Å². The number of hydrogen-bond acceptors (Lipinski definition) is 3. The van der Waals surface area contributed by atoms with Gasteiger partial charge < -0.3 is 10.1 Å². The highest BCUT2D eigenvalue weighted by Gasteiger charge is 2.11. The van der Waals surface area contributed by atoms with Gasteiger partial charge in [-0.2, -0.15) is 0 Å². The van der Waals surface area contributed by atoms with Gasteiger partial charge in [0.15, 0.2) is 0 Å². The van der Waals surface area contributed by atoms with Gasteiger partial charge in [0.1, 0.15) is 0 Å². The van der Waals surface area contributed by atoms with Gasteiger partial charge in [0.2, 0.25) is 0 Å². The molecule has 1 aromatic heterocycles. The molecule has 0 bridgehead atoms. The smallest absolute Gasteiger partial charge is 0.253 e. The fourth-order valence-electron chi connectivity index (χ4n) is 1.98. The average molecular weight is 258 g/mol. The summed E-state index contributed by atoms with van der Waals surface area (Å²) in [6.45, 7) is 4.88. The van der Waals surface area contributed by atoms with Gasteiger partial charge in [-0.25, -0.2) is 0 Å². The van der Waals surface area contributed by atoms with Crippen LogP contribution in [0.1, 0.15) is 21.6 Å². The standard InChI is InChI=1S/C15H18N2O2/c1-10-4-5-14-12(8-10)9-13(11(2)17-14)15(18)16-6-7-19-3/h4-5,8-9H,6-7H2,1-3H3,(H,16,18). The number of aromatic nitrogens is 1. The maximum atomic E-state index is 12.1. The molecule has 0 unspecified atom stereocenters. The Morgan fingerprint density at radius 3 is 2.84 bits per heavy atom. The van der Waals surface area contributed by atoms with Crippen molar-refractivity contribution in [2.24, 2.45) is 0 Å². The van der Waals surface area contributed by atoms with Gasteiger partial charge >= 0.3 is 0 Å². The molecule has 0 radical (unpaired) electrons. The van der Waals surface area contributed by atoms with Crippen molar-refractivity contribution in [3.63, 3.8) is 0 Å². The molecule has 1 heterocycles. The lowest BCUT2D eigenvalue weighted by Gasteiger charge is -2.09. The molecule has 1 N–H and O–H groups in total. The highest BCUT2D eigenvalue weighted by Crippen LogP contribution is 2.18. The lowest BCUT2D eigenvalue weighted by Crippen LogP contribution is -2.27. The van der Waals surface area contributed by atoms with Crippen molar-refractivity contribution in [3.8, 4) is 0 Å². The summed E-state index contributed by atoms with van der Waals surface area (Å²) in [5.41, 5.74) is 3.43. The molecule has 0 aliphatic heterocycles. The van der Waals surface area contributed by atoms with Crippen molar-refractivity contribution in [3.05, 3.63) is 41.1 Å². The molecule has 1 aromatic carbocycles. The van der Waals surface area contributed by atoms with Crippen LogP contribution in [0.25, 0.3) is 10.9 Å². The average Bonchev–Trinajstić information content (AvgIpc) is 2.38. The second-order valence-electron chi connectivity index (χ2n) is 4.57. The molecule has 0 fully saturated rings. The van der Waals surface area contributed by atoms with E-state index in [0.717, 1.165) is 22.2 Å². The minimum Gasteiger partial charge on any atom is -0.383 e. The molecule has 0 aliphatic rings. The van der Waals surface area contributed by atoms with Crippen LogP contribution in [0.3, 0.4) is 0 Å². The zero-order valence-electron chi connectivity index (χ0n) is 11.5. The Balaban J connectivity index is 2.32. The van der Waals surface area contributed by atoms with E-state index in [-0.39, 0.29) is 5.91 Å². The Kier molecular flexibility index (Phi) is 4.12. The van der Waals surface area contributed by atoms with Crippen molar-refractivity contribution >= 4 is 16.8 Å². The minimum absolute atomic E-state index is 0.106. The van der Waals surface area contributed by atoms with E-state index < -0.39 is 0 Å². The number of methoxy groups -OCH3 is 1. The lowest BCUT2D eigenvalue weighted by atomic mass is 10.1. The zero-order valence-corrected chi connectivity index (χ0v) is 11.5. The molecule has 0 aliphatic carbocycles. The first kappa shape index (κ1) is 13.5. The topological polar surface area (TPSA) is 51.2 Å². The summed E-state index contributed by atoms with van der Waals surface area (Å²) in [6, 6.07) is 7.93. The summed E-state index contributed by atoms with van der Waals surface area (Å²) in [5.74, 6) is -0.106. The summed E-state index contributed by atoms with van der Waals surface area (Å²) in [6.07, 6.45) is 0. The Labute approximate surface area is 112 Å². The van der Waals surface area contributed by atoms with Crippen molar-refractivity contribution in [2.45, 2.75) is 13.8 Å². The quantitative estimate of drug-likeness (QED) is 0.856. The normalized spacial score (nSPS) is 10.7. The van der Waals surface area contributed by atoms with Gasteiger partial charge in [-0.15, -0.1) is 0 Å². The fourth-order valence-corrected chi connectivity index (χ4v) is 1.98. The van der Waals surface area contributed by atoms with Crippen molar-refractivity contribution in [1.82, 2.24) is 10.3 Å². The number of carbonyl (C=O) groups is 1. The first-order chi connectivity index (χ1) is 9.11. The van der Waals surface area contributed by atoms with E-state index in [1.54, 1.807) is 7.11 Å². The third kappa shape index (κ3) is 3.09. The molecule has 19 heavy (non-hydrogen) atoms. The van der Waals surface area contributed by atoms with Gasteiger partial charge in [-0.3, -0.25) is 9.78 Å². The largest absolute Gasteiger partial charge is 0.383 e. The zero-order chi connectivity index (χ0) is 13.8. The van der Waals surface area contributed by atoms with Crippen LogP contribution in [0.5, 0.6) is 0 Å². The van der Waals surface area contributed by atoms with Gasteiger partial charge in [0.25, 0.3) is 5.91 Å². The molecule has 4 nitrogen and oxygen atoms in total. The third-order valence-corrected chi connectivity index (χ3v) is 3.00. The van der Waals surface area contributed by atoms with Crippen LogP contribution in [0, 0.1) is 13.8 Å². The van der Waals surface area contributed by atoms with Crippen molar-refractivity contribution < 1.29 is 9.53 Å². The Morgan fingerprint density at radius 2 is 2.11 bits per heavy atom. The van der Waals surface area contributed by atoms with Crippen LogP contribution in [0.4, 0.5) is 0 Å². The number of hydrogen-bond donors (Lipinski definition) is 1. The minimum atomic E-state index is -0.106. The first-order valence-corrected chi connectivity index (χ1v) is 6.27. The van der Waals surface area contributed by atoms with Crippen molar-refractivity contribution in [2.75, 3.05) is 20.3 Å². The maximum Gasteiger partial charge on any atom is 0.253 e. The molecular formula is C15H18N2O2. The van der Waals surface area contributed by atoms with Gasteiger partial charge in [-0.1, -0.05) is 11.6 Å². The highest BCUT2D eigenvalue weighted by atomic mass is 16.5. The summed E-state index contributed by atoms with van der Waals surface area (Å²) in [4.78, 5) is 16.5. The number of aryl methyl sites for hydroxylation is 2. The second kappa shape index (κ2) is 5.80. The van der Waals surface area contributed by atoms with E-state index in [9.17, 15) is 4.79 Å². The van der Waals surface area contributed by atoms with Gasteiger partial charge in [0, 0.05) is 19.0 Å². The van der Waals surface area contributed by atoms with E-state index in [1.807, 2.05) is 38.1 Å². The summed E-state index contributed by atoms with van der Waals surface area (Å²) in [7, 11) is 1.61. The summed E-state index contributed by atoms with van der Waals surface area (Å²) < 4.78 is 4.91. The molecule has 0 atom stereocenters. The predicted molar refractivity (Wildman–Crippen MR) is 75.4 cm³/mol. The molecule has 0 saturated heterocycles. The molecule has 4 heteroatoms. The van der Waals surface area contributed by atoms with E-state index in [1.165, 1.54) is 0 Å². The molecule has 0 saturated carbocycles. The SMILES string of the molecule is COCCNC(=O)c1cc2cc(C)ccc2nc1C. The first-order valence-electron chi connectivity index (χ1n) is 6.27. The van der Waals surface area contributed by atoms with E-state index in [4.69, 9.17) is 4.74 Å². The summed E-state index contributed by atoms with van der Waals surface area (Å²) in [5, 5.41) is 3.80. The number of pyridine rings is 1. The number of rotatable bonds is 4. The van der Waals surface area contributed by atoms with Crippen LogP contribution in [-0.2, 0) is 4.74 Å². The monoisotopic (exact) mass is 258 g/mol. The number of nitrogens with zero attached hydrogens (tertiary/aromatic N) is 1. The predicted octanol–water partition coefficient (Wildman–Crippen LogP) is 2.23. The number of fused-ring (bicyclic) bond motifs is 1. The lowest BCUT2D eigenvalue weighted by molar-refractivity contribution is 0.0936. The maximum absolute atomic E-state index is 12.1. The fraction of sp³-hybridized carbons (Fsp3) is 0.333. The van der Waals surface area contributed by atoms with Gasteiger partial charge in [-0.05, 0) is 32.0 Å². The van der Waals surface area contributed by atoms with Crippen molar-refractivity contribution in [1.29, 1.82) is 0 Å². The number of carbonyl (C=O) groups excluding carboxylic acids is 1. The Bertz CT molecular complexity index is 608. The molecule has 2 rings (SSSR count). The van der Waals surface area contributed by atoms with Crippen LogP contribution >= 0.6 is 0 Å². The number of ether oxygens (including phenoxy) is 1. The molecular weight excluding hydrogens is 240 g/mol. The van der Waals surface area contributed by atoms with Crippen LogP contribution in [-0.4, -0.2) is 31.2 Å². The number of nitrogens with one attached hydrogen (secondary N) is 1. The van der Waals surface area contributed by atoms with Gasteiger partial charge in [0.05, 0.1) is 23.4 Å². The second-order valence-corrected chi connectivity index (χ2v) is 4.57. The highest BCUT2D eigenvalue weighted by molar-refractivity contribution is 5.98. The molecule has 0 spiro atoms. The van der Waals surface area contributed by atoms with Crippen LogP contribution in [0.2, 0.25) is 0 Å². The summed E-state index contributed by atoms with van der Waals surface area (Å²) >= 11 is 0. The van der Waals surface area contributed by atoms with E-state index in [2.05, 4.69) is 10.3 Å².